The molecule has 1 amide bonds. The Morgan fingerprint density at radius 3 is 2.54 bits per heavy atom. The van der Waals surface area contributed by atoms with E-state index in [1.807, 2.05) is 0 Å². The van der Waals surface area contributed by atoms with Crippen LogP contribution in [0.25, 0.3) is 11.0 Å². The van der Waals surface area contributed by atoms with Crippen molar-refractivity contribution in [3.05, 3.63) is 35.6 Å². The predicted molar refractivity (Wildman–Crippen MR) is 77.5 cm³/mol. The molecule has 1 N–H and O–H groups in total. The van der Waals surface area contributed by atoms with Crippen LogP contribution in [0.5, 0.6) is 0 Å². The summed E-state index contributed by atoms with van der Waals surface area (Å²) in [7, 11) is 0. The van der Waals surface area contributed by atoms with Gasteiger partial charge in [-0.15, -0.1) is 0 Å². The van der Waals surface area contributed by atoms with E-state index in [1.54, 1.807) is 25.1 Å². The fourth-order valence-corrected chi connectivity index (χ4v) is 3.02. The molecule has 1 aliphatic rings. The number of amides is 1. The molecule has 1 aromatic carbocycles. The lowest BCUT2D eigenvalue weighted by Crippen LogP contribution is -2.34. The second-order valence-electron chi connectivity index (χ2n) is 5.91. The third kappa shape index (κ3) is 2.72. The van der Waals surface area contributed by atoms with Crippen LogP contribution in [0.4, 0.5) is 13.2 Å². The number of carboxylic acid groups (broad SMARTS) is 1. The average molecular weight is 341 g/mol. The van der Waals surface area contributed by atoms with Crippen LogP contribution in [-0.4, -0.2) is 41.1 Å². The molecule has 1 aliphatic heterocycles. The van der Waals surface area contributed by atoms with Gasteiger partial charge in [-0.3, -0.25) is 9.59 Å². The summed E-state index contributed by atoms with van der Waals surface area (Å²) in [5.74, 6) is -6.13. The molecule has 5 nitrogen and oxygen atoms in total. The first-order chi connectivity index (χ1) is 11.2. The van der Waals surface area contributed by atoms with E-state index in [-0.39, 0.29) is 5.76 Å². The zero-order valence-corrected chi connectivity index (χ0v) is 12.6. The molecule has 3 rings (SSSR count). The van der Waals surface area contributed by atoms with Crippen molar-refractivity contribution in [1.29, 1.82) is 0 Å². The molecule has 0 unspecified atom stereocenters. The second kappa shape index (κ2) is 5.54. The van der Waals surface area contributed by atoms with Crippen LogP contribution in [0.1, 0.15) is 16.1 Å². The minimum absolute atomic E-state index is 0.0914. The van der Waals surface area contributed by atoms with Crippen LogP contribution < -0.4 is 0 Å². The summed E-state index contributed by atoms with van der Waals surface area (Å²) in [4.78, 5) is 24.4. The van der Waals surface area contributed by atoms with Crippen LogP contribution in [0.2, 0.25) is 0 Å². The number of carbonyl (C=O) groups is 2. The Kier molecular flexibility index (Phi) is 3.77. The topological polar surface area (TPSA) is 70.8 Å². The summed E-state index contributed by atoms with van der Waals surface area (Å²) >= 11 is 0. The van der Waals surface area contributed by atoms with Crippen molar-refractivity contribution in [2.24, 2.45) is 11.8 Å². The smallest absolute Gasteiger partial charge is 0.394 e. The summed E-state index contributed by atoms with van der Waals surface area (Å²) in [6, 6.07) is 6.75. The number of aryl methyl sites for hydroxylation is 1. The number of furan rings is 1. The van der Waals surface area contributed by atoms with Crippen molar-refractivity contribution in [3.8, 4) is 0 Å². The van der Waals surface area contributed by atoms with Gasteiger partial charge in [0.05, 0.1) is 11.8 Å². The third-order valence-electron chi connectivity index (χ3n) is 4.30. The van der Waals surface area contributed by atoms with Gasteiger partial charge in [-0.1, -0.05) is 18.2 Å². The molecule has 0 aliphatic carbocycles. The number of alkyl halides is 3. The summed E-state index contributed by atoms with van der Waals surface area (Å²) < 4.78 is 44.5. The molecule has 1 aromatic heterocycles. The number of rotatable bonds is 2. The Morgan fingerprint density at radius 1 is 1.29 bits per heavy atom. The maximum atomic E-state index is 13.0. The highest BCUT2D eigenvalue weighted by Crippen LogP contribution is 2.38. The Hall–Kier alpha value is -2.51. The number of halogens is 3. The van der Waals surface area contributed by atoms with Gasteiger partial charge < -0.3 is 14.4 Å². The number of carboxylic acids is 1. The molecule has 2 aromatic rings. The summed E-state index contributed by atoms with van der Waals surface area (Å²) in [6.45, 7) is 0.611. The van der Waals surface area contributed by atoms with Crippen LogP contribution in [0.3, 0.4) is 0 Å². The highest BCUT2D eigenvalue weighted by molar-refractivity contribution is 5.97. The maximum Gasteiger partial charge on any atom is 0.394 e. The summed E-state index contributed by atoms with van der Waals surface area (Å²) in [5, 5.41) is 9.67. The van der Waals surface area contributed by atoms with Gasteiger partial charge in [0.25, 0.3) is 5.91 Å². The van der Waals surface area contributed by atoms with Crippen molar-refractivity contribution in [3.63, 3.8) is 0 Å². The average Bonchev–Trinajstić information content (AvgIpc) is 3.11. The van der Waals surface area contributed by atoms with E-state index in [4.69, 9.17) is 9.52 Å². The van der Waals surface area contributed by atoms with Gasteiger partial charge in [0.2, 0.25) is 0 Å². The van der Waals surface area contributed by atoms with E-state index < -0.39 is 43.0 Å². The lowest BCUT2D eigenvalue weighted by atomic mass is 9.96. The number of likely N-dealkylation sites (tertiary alicyclic amines) is 1. The molecule has 0 bridgehead atoms. The van der Waals surface area contributed by atoms with E-state index in [2.05, 4.69) is 0 Å². The van der Waals surface area contributed by atoms with Gasteiger partial charge in [-0.2, -0.15) is 13.2 Å². The number of carbonyl (C=O) groups excluding carboxylic acids is 1. The Morgan fingerprint density at radius 2 is 2.00 bits per heavy atom. The molecule has 24 heavy (non-hydrogen) atoms. The third-order valence-corrected chi connectivity index (χ3v) is 4.30. The Balaban J connectivity index is 1.89. The minimum Gasteiger partial charge on any atom is -0.481 e. The number of aliphatic carboxylic acids is 1. The largest absolute Gasteiger partial charge is 0.481 e. The number of nitrogens with zero attached hydrogens (tertiary/aromatic N) is 1. The first kappa shape index (κ1) is 16.4. The van der Waals surface area contributed by atoms with Crippen molar-refractivity contribution < 1.29 is 32.3 Å². The highest BCUT2D eigenvalue weighted by Gasteiger charge is 2.53. The molecule has 0 saturated carbocycles. The fraction of sp³-hybridized carbons (Fsp3) is 0.375. The van der Waals surface area contributed by atoms with Gasteiger partial charge in [0.15, 0.2) is 5.76 Å². The van der Waals surface area contributed by atoms with E-state index in [0.29, 0.717) is 11.0 Å². The second-order valence-corrected chi connectivity index (χ2v) is 5.91. The molecule has 1 fully saturated rings. The van der Waals surface area contributed by atoms with Crippen molar-refractivity contribution in [2.75, 3.05) is 13.1 Å². The Bertz CT molecular complexity index is 811. The van der Waals surface area contributed by atoms with E-state index in [0.717, 1.165) is 10.5 Å². The van der Waals surface area contributed by atoms with Crippen molar-refractivity contribution >= 4 is 22.8 Å². The van der Waals surface area contributed by atoms with Crippen molar-refractivity contribution in [2.45, 2.75) is 13.1 Å². The van der Waals surface area contributed by atoms with Gasteiger partial charge in [0, 0.05) is 18.5 Å². The lowest BCUT2D eigenvalue weighted by molar-refractivity contribution is -0.187. The molecule has 0 spiro atoms. The van der Waals surface area contributed by atoms with Crippen LogP contribution in [-0.2, 0) is 4.79 Å². The van der Waals surface area contributed by atoms with Crippen LogP contribution in [0.15, 0.2) is 28.7 Å². The monoisotopic (exact) mass is 341 g/mol. The molecule has 128 valence electrons. The SMILES string of the molecule is Cc1cccc2cc(C(=O)N3C[C@@H](C(F)(F)F)[C@H](C(=O)O)C3)oc12. The van der Waals surface area contributed by atoms with Crippen LogP contribution >= 0.6 is 0 Å². The number of benzene rings is 1. The first-order valence-electron chi connectivity index (χ1n) is 7.26. The molecule has 0 radical (unpaired) electrons. The van der Waals surface area contributed by atoms with Gasteiger partial charge in [0.1, 0.15) is 5.58 Å². The fourth-order valence-electron chi connectivity index (χ4n) is 3.02. The summed E-state index contributed by atoms with van der Waals surface area (Å²) in [6.07, 6.45) is -4.68. The predicted octanol–water partition coefficient (Wildman–Crippen LogP) is 3.08. The van der Waals surface area contributed by atoms with Gasteiger partial charge in [-0.05, 0) is 18.6 Å². The highest BCUT2D eigenvalue weighted by atomic mass is 19.4. The van der Waals surface area contributed by atoms with Crippen LogP contribution in [0, 0.1) is 18.8 Å². The summed E-state index contributed by atoms with van der Waals surface area (Å²) in [5.41, 5.74) is 1.28. The number of para-hydroxylation sites is 1. The minimum atomic E-state index is -4.68. The molecule has 8 heteroatoms. The first-order valence-corrected chi connectivity index (χ1v) is 7.26. The standard InChI is InChI=1S/C16H14F3NO4/c1-8-3-2-4-9-5-12(24-13(8)9)14(21)20-6-10(15(22)23)11(7-20)16(17,18)19/h2-5,10-11H,6-7H2,1H3,(H,22,23)/t10-,11-/m1/s1. The molecule has 1 saturated heterocycles. The molecular weight excluding hydrogens is 327 g/mol. The lowest BCUT2D eigenvalue weighted by Gasteiger charge is -2.17. The van der Waals surface area contributed by atoms with E-state index in [9.17, 15) is 22.8 Å². The normalized spacial score (nSPS) is 21.4. The molecule has 2 heterocycles. The zero-order valence-electron chi connectivity index (χ0n) is 12.6. The number of hydrogen-bond acceptors (Lipinski definition) is 3. The van der Waals surface area contributed by atoms with Crippen molar-refractivity contribution in [1.82, 2.24) is 4.90 Å². The van der Waals surface area contributed by atoms with Gasteiger partial charge >= 0.3 is 12.1 Å². The molecule has 2 atom stereocenters. The molecular formula is C16H14F3NO4. The van der Waals surface area contributed by atoms with E-state index >= 15 is 0 Å². The quantitative estimate of drug-likeness (QED) is 0.911. The van der Waals surface area contributed by atoms with E-state index in [1.165, 1.54) is 6.07 Å². The van der Waals surface area contributed by atoms with Gasteiger partial charge in [-0.25, -0.2) is 0 Å². The maximum absolute atomic E-state index is 13.0. The zero-order chi connectivity index (χ0) is 17.6. The Labute approximate surface area is 134 Å². The number of hydrogen-bond donors (Lipinski definition) is 1. The number of fused-ring (bicyclic) bond motifs is 1.